The molecule has 5 heteroatoms. The highest BCUT2D eigenvalue weighted by molar-refractivity contribution is 6.46. The number of hydrogen-bond acceptors (Lipinski definition) is 4. The van der Waals surface area contributed by atoms with Gasteiger partial charge in [0.05, 0.1) is 18.7 Å². The summed E-state index contributed by atoms with van der Waals surface area (Å²) in [6.07, 6.45) is 2.79. The van der Waals surface area contributed by atoms with Crippen molar-refractivity contribution in [2.75, 3.05) is 13.7 Å². The van der Waals surface area contributed by atoms with Gasteiger partial charge in [0.2, 0.25) is 0 Å². The number of unbranched alkanes of at least 4 members (excludes halogenated alkanes) is 2. The lowest BCUT2D eigenvalue weighted by atomic mass is 9.84. The molecule has 1 amide bonds. The van der Waals surface area contributed by atoms with E-state index < -0.39 is 17.7 Å². The molecule has 1 unspecified atom stereocenters. The standard InChI is InChI=1S/C27H33NO4/c1-6-7-11-16-28-23(18-12-9-8-10-13-18)22(25(30)26(28)31)24(29)19-14-15-21(32-5)20(17-19)27(2,3)4/h8-10,12-15,17,23,29H,6-7,11,16H2,1-5H3/b24-22-. The highest BCUT2D eigenvalue weighted by atomic mass is 16.5. The zero-order valence-corrected chi connectivity index (χ0v) is 19.6. The Morgan fingerprint density at radius 1 is 1.06 bits per heavy atom. The van der Waals surface area contributed by atoms with Crippen LogP contribution in [0, 0.1) is 0 Å². The van der Waals surface area contributed by atoms with Gasteiger partial charge in [-0.1, -0.05) is 70.9 Å². The van der Waals surface area contributed by atoms with Crippen LogP contribution in [0.3, 0.4) is 0 Å². The summed E-state index contributed by atoms with van der Waals surface area (Å²) < 4.78 is 5.51. The average Bonchev–Trinajstić information content (AvgIpc) is 3.03. The Morgan fingerprint density at radius 2 is 1.75 bits per heavy atom. The molecule has 2 aromatic rings. The molecule has 1 N–H and O–H groups in total. The van der Waals surface area contributed by atoms with Crippen LogP contribution in [0.25, 0.3) is 5.76 Å². The summed E-state index contributed by atoms with van der Waals surface area (Å²) in [5.74, 6) is -0.626. The van der Waals surface area contributed by atoms with E-state index in [1.165, 1.54) is 0 Å². The normalized spacial score (nSPS) is 18.3. The number of nitrogens with zero attached hydrogens (tertiary/aromatic N) is 1. The molecule has 1 saturated heterocycles. The number of methoxy groups -OCH3 is 1. The highest BCUT2D eigenvalue weighted by Gasteiger charge is 2.45. The van der Waals surface area contributed by atoms with Crippen LogP contribution < -0.4 is 4.74 Å². The van der Waals surface area contributed by atoms with Crippen molar-refractivity contribution in [3.63, 3.8) is 0 Å². The first kappa shape index (κ1) is 23.6. The van der Waals surface area contributed by atoms with Gasteiger partial charge in [0.25, 0.3) is 11.7 Å². The first-order valence-corrected chi connectivity index (χ1v) is 11.2. The second kappa shape index (κ2) is 9.60. The second-order valence-electron chi connectivity index (χ2n) is 9.28. The number of aliphatic hydroxyl groups excluding tert-OH is 1. The van der Waals surface area contributed by atoms with Crippen molar-refractivity contribution in [3.05, 3.63) is 70.8 Å². The number of carbonyl (C=O) groups is 2. The molecule has 1 aliphatic rings. The number of ether oxygens (including phenoxy) is 1. The van der Waals surface area contributed by atoms with Gasteiger partial charge in [0.15, 0.2) is 0 Å². The van der Waals surface area contributed by atoms with E-state index in [1.807, 2.05) is 36.4 Å². The van der Waals surface area contributed by atoms with E-state index in [0.717, 1.165) is 30.4 Å². The fourth-order valence-corrected chi connectivity index (χ4v) is 4.22. The maximum atomic E-state index is 13.1. The molecule has 5 nitrogen and oxygen atoms in total. The smallest absolute Gasteiger partial charge is 0.295 e. The fourth-order valence-electron chi connectivity index (χ4n) is 4.22. The Morgan fingerprint density at radius 3 is 2.34 bits per heavy atom. The van der Waals surface area contributed by atoms with E-state index in [2.05, 4.69) is 27.7 Å². The molecule has 3 rings (SSSR count). The van der Waals surface area contributed by atoms with Crippen molar-refractivity contribution < 1.29 is 19.4 Å². The Balaban J connectivity index is 2.16. The van der Waals surface area contributed by atoms with Crippen LogP contribution in [0.15, 0.2) is 54.1 Å². The first-order valence-electron chi connectivity index (χ1n) is 11.2. The van der Waals surface area contributed by atoms with Gasteiger partial charge in [-0.05, 0) is 35.6 Å². The van der Waals surface area contributed by atoms with Crippen molar-refractivity contribution in [1.29, 1.82) is 0 Å². The number of aliphatic hydroxyl groups is 1. The van der Waals surface area contributed by atoms with Crippen LogP contribution in [0.4, 0.5) is 0 Å². The predicted octanol–water partition coefficient (Wildman–Crippen LogP) is 5.60. The van der Waals surface area contributed by atoms with Crippen LogP contribution in [0.5, 0.6) is 5.75 Å². The maximum absolute atomic E-state index is 13.1. The zero-order valence-electron chi connectivity index (χ0n) is 19.6. The minimum atomic E-state index is -0.638. The van der Waals surface area contributed by atoms with E-state index in [0.29, 0.717) is 17.9 Å². The molecule has 0 radical (unpaired) electrons. The van der Waals surface area contributed by atoms with Crippen LogP contribution in [-0.2, 0) is 15.0 Å². The minimum Gasteiger partial charge on any atom is -0.507 e. The molecular formula is C27H33NO4. The quantitative estimate of drug-likeness (QED) is 0.266. The summed E-state index contributed by atoms with van der Waals surface area (Å²) in [6.45, 7) is 8.76. The number of amides is 1. The van der Waals surface area contributed by atoms with Crippen molar-refractivity contribution in [2.45, 2.75) is 58.4 Å². The molecule has 0 aliphatic carbocycles. The molecule has 32 heavy (non-hydrogen) atoms. The van der Waals surface area contributed by atoms with E-state index in [-0.39, 0.29) is 16.7 Å². The van der Waals surface area contributed by atoms with Crippen molar-refractivity contribution in [1.82, 2.24) is 4.90 Å². The average molecular weight is 436 g/mol. The number of hydrogen-bond donors (Lipinski definition) is 1. The van der Waals surface area contributed by atoms with Gasteiger partial charge in [0, 0.05) is 17.7 Å². The molecule has 170 valence electrons. The van der Waals surface area contributed by atoms with Crippen molar-refractivity contribution in [3.8, 4) is 5.75 Å². The summed E-state index contributed by atoms with van der Waals surface area (Å²) in [5.41, 5.74) is 2.14. The van der Waals surface area contributed by atoms with Crippen LogP contribution in [0.2, 0.25) is 0 Å². The van der Waals surface area contributed by atoms with Gasteiger partial charge >= 0.3 is 0 Å². The predicted molar refractivity (Wildman–Crippen MR) is 127 cm³/mol. The molecular weight excluding hydrogens is 402 g/mol. The lowest BCUT2D eigenvalue weighted by Crippen LogP contribution is -2.30. The van der Waals surface area contributed by atoms with Gasteiger partial charge in [-0.25, -0.2) is 0 Å². The Bertz CT molecular complexity index is 1020. The molecule has 1 heterocycles. The molecule has 1 fully saturated rings. The lowest BCUT2D eigenvalue weighted by Gasteiger charge is -2.26. The summed E-state index contributed by atoms with van der Waals surface area (Å²) >= 11 is 0. The van der Waals surface area contributed by atoms with Crippen molar-refractivity contribution >= 4 is 17.4 Å². The van der Waals surface area contributed by atoms with Gasteiger partial charge in [-0.3, -0.25) is 9.59 Å². The van der Waals surface area contributed by atoms with E-state index in [1.54, 1.807) is 24.1 Å². The van der Waals surface area contributed by atoms with Gasteiger partial charge in [0.1, 0.15) is 11.5 Å². The van der Waals surface area contributed by atoms with Gasteiger partial charge < -0.3 is 14.7 Å². The number of benzene rings is 2. The fraction of sp³-hybridized carbons (Fsp3) is 0.407. The third kappa shape index (κ3) is 4.57. The van der Waals surface area contributed by atoms with Crippen LogP contribution in [0.1, 0.15) is 69.7 Å². The largest absolute Gasteiger partial charge is 0.507 e. The monoisotopic (exact) mass is 435 g/mol. The lowest BCUT2D eigenvalue weighted by molar-refractivity contribution is -0.139. The summed E-state index contributed by atoms with van der Waals surface area (Å²) in [6, 6.07) is 14.2. The molecule has 1 atom stereocenters. The Labute approximate surface area is 190 Å². The number of likely N-dealkylation sites (tertiary alicyclic amines) is 1. The molecule has 0 saturated carbocycles. The highest BCUT2D eigenvalue weighted by Crippen LogP contribution is 2.41. The number of ketones is 1. The SMILES string of the molecule is CCCCCN1C(=O)C(=O)/C(=C(\O)c2ccc(OC)c(C(C)(C)C)c2)C1c1ccccc1. The maximum Gasteiger partial charge on any atom is 0.295 e. The molecule has 1 aliphatic heterocycles. The zero-order chi connectivity index (χ0) is 23.5. The summed E-state index contributed by atoms with van der Waals surface area (Å²) in [7, 11) is 1.61. The molecule has 0 spiro atoms. The Hall–Kier alpha value is -3.08. The number of carbonyl (C=O) groups excluding carboxylic acids is 2. The van der Waals surface area contributed by atoms with E-state index in [9.17, 15) is 14.7 Å². The first-order chi connectivity index (χ1) is 15.2. The van der Waals surface area contributed by atoms with Gasteiger partial charge in [-0.2, -0.15) is 0 Å². The van der Waals surface area contributed by atoms with E-state index in [4.69, 9.17) is 4.74 Å². The minimum absolute atomic E-state index is 0.141. The van der Waals surface area contributed by atoms with E-state index >= 15 is 0 Å². The second-order valence-corrected chi connectivity index (χ2v) is 9.28. The molecule has 0 aromatic heterocycles. The van der Waals surface area contributed by atoms with Crippen molar-refractivity contribution in [2.24, 2.45) is 0 Å². The van der Waals surface area contributed by atoms with Crippen LogP contribution >= 0.6 is 0 Å². The van der Waals surface area contributed by atoms with Gasteiger partial charge in [-0.15, -0.1) is 0 Å². The topological polar surface area (TPSA) is 66.8 Å². The molecule has 2 aromatic carbocycles. The summed E-state index contributed by atoms with van der Waals surface area (Å²) in [5, 5.41) is 11.3. The summed E-state index contributed by atoms with van der Waals surface area (Å²) in [4.78, 5) is 27.7. The third-order valence-electron chi connectivity index (χ3n) is 5.94. The third-order valence-corrected chi connectivity index (χ3v) is 5.94. The molecule has 0 bridgehead atoms. The Kier molecular flexibility index (Phi) is 7.07. The number of rotatable bonds is 7. The number of Topliss-reactive ketones (excluding diaryl/α,β-unsaturated/α-hetero) is 1. The van der Waals surface area contributed by atoms with Crippen LogP contribution in [-0.4, -0.2) is 35.4 Å².